The van der Waals surface area contributed by atoms with Gasteiger partial charge in [0.15, 0.2) is 0 Å². The molecule has 0 unspecified atom stereocenters. The molecule has 0 saturated carbocycles. The third kappa shape index (κ3) is 1.33. The van der Waals surface area contributed by atoms with Crippen LogP contribution in [0.4, 0.5) is 0 Å². The number of rotatable bonds is 1. The van der Waals surface area contributed by atoms with Gasteiger partial charge in [-0.2, -0.15) is 4.52 Å². The molecule has 0 saturated heterocycles. The minimum absolute atomic E-state index is 0.527. The number of aryl methyl sites for hydroxylation is 1. The van der Waals surface area contributed by atoms with Crippen LogP contribution in [0, 0.1) is 6.92 Å². The molecule has 1 aromatic carbocycles. The van der Waals surface area contributed by atoms with Gasteiger partial charge < -0.3 is 0 Å². The fourth-order valence-electron chi connectivity index (χ4n) is 1.67. The predicted octanol–water partition coefficient (Wildman–Crippen LogP) is 1.49. The Bertz CT molecular complexity index is 629. The van der Waals surface area contributed by atoms with E-state index in [9.17, 15) is 0 Å². The van der Waals surface area contributed by atoms with Crippen molar-refractivity contribution in [3.63, 3.8) is 0 Å². The zero-order valence-electron chi connectivity index (χ0n) is 8.70. The van der Waals surface area contributed by atoms with Gasteiger partial charge in [0.25, 0.3) is 5.78 Å². The van der Waals surface area contributed by atoms with Crippen molar-refractivity contribution in [2.45, 2.75) is 6.92 Å². The van der Waals surface area contributed by atoms with E-state index >= 15 is 0 Å². The number of fused-ring (bicyclic) bond motifs is 1. The van der Waals surface area contributed by atoms with Crippen LogP contribution in [-0.4, -0.2) is 25.0 Å². The molecule has 0 atom stereocenters. The van der Waals surface area contributed by atoms with Crippen LogP contribution in [0.15, 0.2) is 36.4 Å². The molecule has 0 radical (unpaired) electrons. The van der Waals surface area contributed by atoms with E-state index in [4.69, 9.17) is 0 Å². The molecule has 3 aromatic rings. The summed E-state index contributed by atoms with van der Waals surface area (Å²) in [6.07, 6.45) is 0. The topological polar surface area (TPSA) is 56.0 Å². The molecule has 0 aliphatic rings. The van der Waals surface area contributed by atoms with E-state index in [1.165, 1.54) is 0 Å². The van der Waals surface area contributed by atoms with E-state index in [0.717, 1.165) is 17.0 Å². The van der Waals surface area contributed by atoms with Crippen molar-refractivity contribution >= 4 is 5.78 Å². The van der Waals surface area contributed by atoms with E-state index < -0.39 is 0 Å². The molecule has 3 rings (SSSR count). The lowest BCUT2D eigenvalue weighted by Gasteiger charge is -2.03. The summed E-state index contributed by atoms with van der Waals surface area (Å²) in [7, 11) is 0. The van der Waals surface area contributed by atoms with E-state index in [-0.39, 0.29) is 0 Å². The highest BCUT2D eigenvalue weighted by molar-refractivity contribution is 5.61. The van der Waals surface area contributed by atoms with Crippen LogP contribution < -0.4 is 0 Å². The smallest absolute Gasteiger partial charge is 0.215 e. The van der Waals surface area contributed by atoms with E-state index in [1.807, 2.05) is 43.3 Å². The van der Waals surface area contributed by atoms with E-state index in [0.29, 0.717) is 5.78 Å². The van der Waals surface area contributed by atoms with Crippen LogP contribution in [-0.2, 0) is 0 Å². The van der Waals surface area contributed by atoms with Crippen LogP contribution in [0.3, 0.4) is 0 Å². The third-order valence-corrected chi connectivity index (χ3v) is 2.37. The van der Waals surface area contributed by atoms with Gasteiger partial charge in [-0.25, -0.2) is 4.98 Å². The first-order valence-electron chi connectivity index (χ1n) is 4.96. The van der Waals surface area contributed by atoms with Crippen LogP contribution in [0.5, 0.6) is 0 Å². The van der Waals surface area contributed by atoms with Gasteiger partial charge in [-0.1, -0.05) is 35.4 Å². The Morgan fingerprint density at radius 1 is 1.12 bits per heavy atom. The summed E-state index contributed by atoms with van der Waals surface area (Å²) < 4.78 is 1.64. The molecule has 5 nitrogen and oxygen atoms in total. The SMILES string of the molecule is Cc1cc(-c2ccccc2)n2nnnc2n1. The number of tetrazole rings is 1. The summed E-state index contributed by atoms with van der Waals surface area (Å²) in [5.41, 5.74) is 2.93. The van der Waals surface area contributed by atoms with Gasteiger partial charge >= 0.3 is 0 Å². The molecule has 0 aliphatic carbocycles. The molecule has 2 aromatic heterocycles. The minimum atomic E-state index is 0.527. The minimum Gasteiger partial charge on any atom is -0.215 e. The van der Waals surface area contributed by atoms with Gasteiger partial charge in [-0.05, 0) is 23.4 Å². The summed E-state index contributed by atoms with van der Waals surface area (Å²) in [5, 5.41) is 11.4. The van der Waals surface area contributed by atoms with Crippen LogP contribution >= 0.6 is 0 Å². The molecule has 2 heterocycles. The molecule has 0 aliphatic heterocycles. The van der Waals surface area contributed by atoms with Crippen molar-refractivity contribution < 1.29 is 0 Å². The van der Waals surface area contributed by atoms with Gasteiger partial charge in [-0.15, -0.1) is 0 Å². The van der Waals surface area contributed by atoms with Crippen molar-refractivity contribution in [3.8, 4) is 11.3 Å². The molecule has 0 spiro atoms. The Morgan fingerprint density at radius 3 is 2.75 bits per heavy atom. The van der Waals surface area contributed by atoms with Crippen molar-refractivity contribution in [3.05, 3.63) is 42.1 Å². The molecule has 0 bridgehead atoms. The molecule has 0 N–H and O–H groups in total. The quantitative estimate of drug-likeness (QED) is 0.612. The first-order valence-corrected chi connectivity index (χ1v) is 4.96. The molecule has 0 amide bonds. The number of hydrogen-bond donors (Lipinski definition) is 0. The van der Waals surface area contributed by atoms with Crippen LogP contribution in [0.1, 0.15) is 5.69 Å². The Kier molecular flexibility index (Phi) is 1.89. The molecule has 16 heavy (non-hydrogen) atoms. The van der Waals surface area contributed by atoms with Crippen LogP contribution in [0.2, 0.25) is 0 Å². The molecular weight excluding hydrogens is 202 g/mol. The van der Waals surface area contributed by atoms with Gasteiger partial charge in [0.2, 0.25) is 0 Å². The number of aromatic nitrogens is 5. The van der Waals surface area contributed by atoms with E-state index in [1.54, 1.807) is 4.52 Å². The van der Waals surface area contributed by atoms with Crippen molar-refractivity contribution in [1.82, 2.24) is 25.0 Å². The third-order valence-electron chi connectivity index (χ3n) is 2.37. The lowest BCUT2D eigenvalue weighted by Crippen LogP contribution is -1.98. The Hall–Kier alpha value is -2.30. The van der Waals surface area contributed by atoms with Crippen molar-refractivity contribution in [2.75, 3.05) is 0 Å². The van der Waals surface area contributed by atoms with E-state index in [2.05, 4.69) is 20.5 Å². The van der Waals surface area contributed by atoms with Gasteiger partial charge in [0.05, 0.1) is 5.69 Å². The number of nitrogens with zero attached hydrogens (tertiary/aromatic N) is 5. The Morgan fingerprint density at radius 2 is 1.94 bits per heavy atom. The average molecular weight is 211 g/mol. The lowest BCUT2D eigenvalue weighted by molar-refractivity contribution is 0.824. The molecule has 78 valence electrons. The summed E-state index contributed by atoms with van der Waals surface area (Å²) in [6, 6.07) is 12.0. The predicted molar refractivity (Wildman–Crippen MR) is 58.8 cm³/mol. The summed E-state index contributed by atoms with van der Waals surface area (Å²) in [5.74, 6) is 0.527. The second-order valence-electron chi connectivity index (χ2n) is 3.54. The highest BCUT2D eigenvalue weighted by Crippen LogP contribution is 2.18. The van der Waals surface area contributed by atoms with Crippen molar-refractivity contribution in [2.24, 2.45) is 0 Å². The largest absolute Gasteiger partial charge is 0.274 e. The highest BCUT2D eigenvalue weighted by atomic mass is 15.5. The van der Waals surface area contributed by atoms with Gasteiger partial charge in [0, 0.05) is 11.3 Å². The first-order chi connectivity index (χ1) is 7.84. The zero-order chi connectivity index (χ0) is 11.0. The zero-order valence-corrected chi connectivity index (χ0v) is 8.70. The molecule has 0 fully saturated rings. The summed E-state index contributed by atoms with van der Waals surface area (Å²) >= 11 is 0. The van der Waals surface area contributed by atoms with Gasteiger partial charge in [-0.3, -0.25) is 0 Å². The fraction of sp³-hybridized carbons (Fsp3) is 0.0909. The number of benzene rings is 1. The summed E-state index contributed by atoms with van der Waals surface area (Å²) in [4.78, 5) is 4.25. The fourth-order valence-corrected chi connectivity index (χ4v) is 1.67. The Labute approximate surface area is 91.8 Å². The maximum atomic E-state index is 4.25. The molecular formula is C11H9N5. The monoisotopic (exact) mass is 211 g/mol. The lowest BCUT2D eigenvalue weighted by atomic mass is 10.1. The second kappa shape index (κ2) is 3.37. The van der Waals surface area contributed by atoms with Gasteiger partial charge in [0.1, 0.15) is 0 Å². The normalized spacial score (nSPS) is 10.8. The number of hydrogen-bond acceptors (Lipinski definition) is 4. The highest BCUT2D eigenvalue weighted by Gasteiger charge is 2.07. The Balaban J connectivity index is 2.34. The maximum Gasteiger partial charge on any atom is 0.274 e. The van der Waals surface area contributed by atoms with Crippen molar-refractivity contribution in [1.29, 1.82) is 0 Å². The summed E-state index contributed by atoms with van der Waals surface area (Å²) in [6.45, 7) is 1.93. The second-order valence-corrected chi connectivity index (χ2v) is 3.54. The molecule has 5 heteroatoms. The standard InChI is InChI=1S/C11H9N5/c1-8-7-10(9-5-3-2-4-6-9)16-11(12-8)13-14-15-16/h2-7H,1H3. The maximum absolute atomic E-state index is 4.25. The average Bonchev–Trinajstić information content (AvgIpc) is 2.77. The van der Waals surface area contributed by atoms with Crippen LogP contribution in [0.25, 0.3) is 17.0 Å². The first kappa shape index (κ1) is 8.96.